The van der Waals surface area contributed by atoms with Gasteiger partial charge in [-0.1, -0.05) is 30.0 Å². The predicted octanol–water partition coefficient (Wildman–Crippen LogP) is 6.35. The number of ether oxygens (including phenoxy) is 2. The number of benzene rings is 3. The number of methoxy groups -OCH3 is 2. The van der Waals surface area contributed by atoms with E-state index < -0.39 is 58.6 Å². The first-order valence-electron chi connectivity index (χ1n) is 15.6. The van der Waals surface area contributed by atoms with Crippen molar-refractivity contribution in [1.82, 2.24) is 10.0 Å². The molecular weight excluding hydrogens is 665 g/mol. The minimum absolute atomic E-state index is 0.0809. The topological polar surface area (TPSA) is 112 Å². The summed E-state index contributed by atoms with van der Waals surface area (Å²) in [6, 6.07) is 9.64. The van der Waals surface area contributed by atoms with Crippen LogP contribution in [0.1, 0.15) is 49.3 Å². The molecule has 3 N–H and O–H groups in total. The monoisotopic (exact) mass is 699 g/mol. The third kappa shape index (κ3) is 6.71. The molecule has 3 aromatic carbocycles. The number of nitrogens with zero attached hydrogens (tertiary/aromatic N) is 2. The van der Waals surface area contributed by atoms with Crippen LogP contribution in [0.4, 0.5) is 27.6 Å². The lowest BCUT2D eigenvalue weighted by Gasteiger charge is -2.46. The van der Waals surface area contributed by atoms with Crippen LogP contribution >= 0.6 is 0 Å². The lowest BCUT2D eigenvalue weighted by Crippen LogP contribution is -2.60. The quantitative estimate of drug-likeness (QED) is 0.103. The molecule has 2 aliphatic rings. The van der Waals surface area contributed by atoms with E-state index in [1.807, 2.05) is 0 Å². The zero-order chi connectivity index (χ0) is 36.4. The Morgan fingerprint density at radius 2 is 1.82 bits per heavy atom. The molecule has 0 bridgehead atoms. The van der Waals surface area contributed by atoms with Gasteiger partial charge in [0.2, 0.25) is 0 Å². The Kier molecular flexibility index (Phi) is 10.4. The van der Waals surface area contributed by atoms with Crippen LogP contribution in [0.25, 0.3) is 11.1 Å². The number of anilines is 1. The SMILES string of the molecule is COc1cccc(-c2cc(C(F)(F)F)ccc2NC(=O)C2=C(O)C3(C)CCCN3N(Cc3ccc(C#CCCCO)c(F)c3F)C2=O)c1OC. The molecule has 0 aliphatic carbocycles. The number of aliphatic hydroxyl groups is 2. The van der Waals surface area contributed by atoms with E-state index in [-0.39, 0.29) is 59.0 Å². The van der Waals surface area contributed by atoms with Gasteiger partial charge in [0.25, 0.3) is 11.8 Å². The fourth-order valence-corrected chi connectivity index (χ4v) is 6.18. The molecule has 1 atom stereocenters. The molecule has 0 spiro atoms. The number of hydrogen-bond acceptors (Lipinski definition) is 7. The summed E-state index contributed by atoms with van der Waals surface area (Å²) in [6.45, 7) is 1.23. The molecule has 5 rings (SSSR count). The number of amides is 2. The van der Waals surface area contributed by atoms with Crippen molar-refractivity contribution in [2.24, 2.45) is 0 Å². The fraction of sp³-hybridized carbons (Fsp3) is 0.333. The highest BCUT2D eigenvalue weighted by molar-refractivity contribution is 6.24. The van der Waals surface area contributed by atoms with E-state index in [0.29, 0.717) is 19.3 Å². The zero-order valence-corrected chi connectivity index (χ0v) is 27.4. The third-order valence-corrected chi connectivity index (χ3v) is 8.77. The number of alkyl halides is 3. The molecular formula is C36H34F5N3O6. The van der Waals surface area contributed by atoms with Crippen molar-refractivity contribution in [3.63, 3.8) is 0 Å². The number of carbonyl (C=O) groups is 2. The zero-order valence-electron chi connectivity index (χ0n) is 27.4. The van der Waals surface area contributed by atoms with Gasteiger partial charge in [-0.3, -0.25) is 14.6 Å². The minimum Gasteiger partial charge on any atom is -0.509 e. The van der Waals surface area contributed by atoms with Crippen LogP contribution in [-0.2, 0) is 22.3 Å². The average molecular weight is 700 g/mol. The molecule has 9 nitrogen and oxygen atoms in total. The highest BCUT2D eigenvalue weighted by Crippen LogP contribution is 2.45. The molecule has 0 radical (unpaired) electrons. The maximum atomic E-state index is 15.3. The average Bonchev–Trinajstić information content (AvgIpc) is 3.49. The highest BCUT2D eigenvalue weighted by Gasteiger charge is 2.53. The summed E-state index contributed by atoms with van der Waals surface area (Å²) in [5.41, 5.74) is -3.57. The Labute approximate surface area is 284 Å². The smallest absolute Gasteiger partial charge is 0.416 e. The van der Waals surface area contributed by atoms with Crippen LogP contribution in [0.5, 0.6) is 11.5 Å². The summed E-state index contributed by atoms with van der Waals surface area (Å²) in [6.07, 6.45) is -3.32. The van der Waals surface area contributed by atoms with Gasteiger partial charge in [0, 0.05) is 42.0 Å². The van der Waals surface area contributed by atoms with Crippen molar-refractivity contribution < 1.29 is 51.2 Å². The van der Waals surface area contributed by atoms with E-state index in [1.54, 1.807) is 6.92 Å². The second-order valence-corrected chi connectivity index (χ2v) is 11.9. The number of aliphatic hydroxyl groups excluding tert-OH is 2. The molecule has 1 saturated heterocycles. The molecule has 0 aromatic heterocycles. The lowest BCUT2D eigenvalue weighted by atomic mass is 9.90. The number of carbonyl (C=O) groups excluding carboxylic acids is 2. The Bertz CT molecular complexity index is 1920. The molecule has 14 heteroatoms. The number of para-hydroxylation sites is 1. The first-order valence-corrected chi connectivity index (χ1v) is 15.6. The van der Waals surface area contributed by atoms with Crippen molar-refractivity contribution >= 4 is 17.5 Å². The lowest BCUT2D eigenvalue weighted by molar-refractivity contribution is -0.160. The summed E-state index contributed by atoms with van der Waals surface area (Å²) in [5.74, 6) is 0.262. The van der Waals surface area contributed by atoms with Gasteiger partial charge >= 0.3 is 6.18 Å². The first-order chi connectivity index (χ1) is 23.8. The van der Waals surface area contributed by atoms with Gasteiger partial charge in [0.15, 0.2) is 23.1 Å². The van der Waals surface area contributed by atoms with Crippen LogP contribution in [0.3, 0.4) is 0 Å². The largest absolute Gasteiger partial charge is 0.509 e. The second-order valence-electron chi connectivity index (χ2n) is 11.9. The normalized spacial score (nSPS) is 17.7. The van der Waals surface area contributed by atoms with Crippen LogP contribution in [0.2, 0.25) is 0 Å². The van der Waals surface area contributed by atoms with Crippen molar-refractivity contribution in [1.29, 1.82) is 0 Å². The fourth-order valence-electron chi connectivity index (χ4n) is 6.18. The maximum absolute atomic E-state index is 15.3. The summed E-state index contributed by atoms with van der Waals surface area (Å²) in [7, 11) is 2.65. The van der Waals surface area contributed by atoms with E-state index in [4.69, 9.17) is 14.6 Å². The molecule has 2 amide bonds. The summed E-state index contributed by atoms with van der Waals surface area (Å²) >= 11 is 0. The van der Waals surface area contributed by atoms with E-state index in [2.05, 4.69) is 17.2 Å². The summed E-state index contributed by atoms with van der Waals surface area (Å²) in [5, 5.41) is 25.4. The third-order valence-electron chi connectivity index (χ3n) is 8.77. The van der Waals surface area contributed by atoms with Gasteiger partial charge in [0.05, 0.1) is 37.4 Å². The van der Waals surface area contributed by atoms with Crippen molar-refractivity contribution in [2.75, 3.05) is 32.7 Å². The predicted molar refractivity (Wildman–Crippen MR) is 173 cm³/mol. The summed E-state index contributed by atoms with van der Waals surface area (Å²) < 4.78 is 82.6. The van der Waals surface area contributed by atoms with Gasteiger partial charge in [-0.15, -0.1) is 0 Å². The molecule has 50 heavy (non-hydrogen) atoms. The number of unbranched alkanes of at least 4 members (excludes halogenated alkanes) is 1. The van der Waals surface area contributed by atoms with Crippen LogP contribution in [-0.4, -0.2) is 65.0 Å². The number of hydrazine groups is 1. The minimum atomic E-state index is -4.75. The second kappa shape index (κ2) is 14.4. The number of hydrogen-bond donors (Lipinski definition) is 3. The van der Waals surface area contributed by atoms with Crippen LogP contribution in [0, 0.1) is 23.5 Å². The number of rotatable bonds is 9. The van der Waals surface area contributed by atoms with Gasteiger partial charge in [-0.05, 0) is 56.5 Å². The molecule has 3 aromatic rings. The molecule has 264 valence electrons. The van der Waals surface area contributed by atoms with E-state index >= 15 is 8.78 Å². The first kappa shape index (κ1) is 36.2. The maximum Gasteiger partial charge on any atom is 0.416 e. The van der Waals surface area contributed by atoms with Gasteiger partial charge in [-0.25, -0.2) is 13.8 Å². The van der Waals surface area contributed by atoms with E-state index in [0.717, 1.165) is 23.2 Å². The van der Waals surface area contributed by atoms with Crippen molar-refractivity contribution in [3.8, 4) is 34.5 Å². The molecule has 1 fully saturated rings. The number of fused-ring (bicyclic) bond motifs is 1. The Morgan fingerprint density at radius 1 is 1.06 bits per heavy atom. The Balaban J connectivity index is 1.53. The van der Waals surface area contributed by atoms with Crippen molar-refractivity contribution in [3.05, 3.63) is 88.2 Å². The van der Waals surface area contributed by atoms with Gasteiger partial charge in [-0.2, -0.15) is 13.2 Å². The number of nitrogens with one attached hydrogen (secondary N) is 1. The Hall–Kier alpha value is -5.13. The molecule has 2 heterocycles. The summed E-state index contributed by atoms with van der Waals surface area (Å²) in [4.78, 5) is 27.9. The highest BCUT2D eigenvalue weighted by atomic mass is 19.4. The van der Waals surface area contributed by atoms with Gasteiger partial charge in [0.1, 0.15) is 11.3 Å². The van der Waals surface area contributed by atoms with Crippen LogP contribution in [0.15, 0.2) is 59.9 Å². The number of halogens is 5. The van der Waals surface area contributed by atoms with Crippen molar-refractivity contribution in [2.45, 2.75) is 50.9 Å². The van der Waals surface area contributed by atoms with Crippen LogP contribution < -0.4 is 14.8 Å². The van der Waals surface area contributed by atoms with Gasteiger partial charge < -0.3 is 25.0 Å². The Morgan fingerprint density at radius 3 is 2.50 bits per heavy atom. The van der Waals surface area contributed by atoms with E-state index in [1.165, 1.54) is 49.6 Å². The molecule has 0 saturated carbocycles. The standard InChI is InChI=1S/C36H34F5N3O6/c1-35-16-8-17-44(35)43(20-22-13-12-21(29(37)30(22)38)9-5-4-6-18-45)34(48)28(32(35)46)33(47)42-26-15-14-23(36(39,40)41)19-25(26)24-10-7-11-27(49-2)31(24)50-3/h7,10-15,19,45-46H,4,6,8,16-18,20H2,1-3H3,(H,42,47). The molecule has 1 unspecified atom stereocenters. The van der Waals surface area contributed by atoms with E-state index in [9.17, 15) is 27.9 Å². The molecule has 2 aliphatic heterocycles.